The molecule has 1 heterocycles. The van der Waals surface area contributed by atoms with Gasteiger partial charge in [-0.05, 0) is 12.3 Å². The van der Waals surface area contributed by atoms with Crippen molar-refractivity contribution in [2.24, 2.45) is 5.92 Å². The molecule has 0 aliphatic rings. The van der Waals surface area contributed by atoms with E-state index >= 15 is 0 Å². The lowest BCUT2D eigenvalue weighted by atomic mass is 10.1. The zero-order chi connectivity index (χ0) is 11.8. The van der Waals surface area contributed by atoms with Crippen LogP contribution in [0.1, 0.15) is 26.0 Å². The van der Waals surface area contributed by atoms with Gasteiger partial charge in [-0.25, -0.2) is 0 Å². The first-order chi connectivity index (χ1) is 7.68. The molecule has 5 heteroatoms. The van der Waals surface area contributed by atoms with Crippen molar-refractivity contribution in [1.29, 1.82) is 0 Å². The van der Waals surface area contributed by atoms with E-state index in [0.29, 0.717) is 12.5 Å². The van der Waals surface area contributed by atoms with E-state index in [-0.39, 0.29) is 4.87 Å². The highest BCUT2D eigenvalue weighted by Gasteiger charge is 1.96. The second-order valence-electron chi connectivity index (χ2n) is 4.15. The summed E-state index contributed by atoms with van der Waals surface area (Å²) in [5.41, 5.74) is 0.942. The Bertz CT molecular complexity index is 333. The summed E-state index contributed by atoms with van der Waals surface area (Å²) in [6.07, 6.45) is 1.11. The molecule has 0 saturated carbocycles. The Morgan fingerprint density at radius 2 is 2.31 bits per heavy atom. The van der Waals surface area contributed by atoms with Crippen LogP contribution < -0.4 is 10.2 Å². The van der Waals surface area contributed by atoms with Gasteiger partial charge in [0.15, 0.2) is 0 Å². The quantitative estimate of drug-likeness (QED) is 0.683. The molecular formula is C11H20N2O2S. The maximum atomic E-state index is 10.8. The Morgan fingerprint density at radius 3 is 2.94 bits per heavy atom. The van der Waals surface area contributed by atoms with Crippen LogP contribution in [-0.4, -0.2) is 24.7 Å². The summed E-state index contributed by atoms with van der Waals surface area (Å²) in [6, 6.07) is 0. The molecule has 1 aromatic rings. The highest BCUT2D eigenvalue weighted by molar-refractivity contribution is 7.07. The molecule has 0 bridgehead atoms. The van der Waals surface area contributed by atoms with E-state index in [1.165, 1.54) is 11.3 Å². The van der Waals surface area contributed by atoms with Gasteiger partial charge >= 0.3 is 4.87 Å². The number of hydrogen-bond acceptors (Lipinski definition) is 4. The second-order valence-corrected chi connectivity index (χ2v) is 4.99. The maximum absolute atomic E-state index is 10.8. The van der Waals surface area contributed by atoms with Crippen LogP contribution in [0.4, 0.5) is 0 Å². The Hall–Kier alpha value is -0.650. The van der Waals surface area contributed by atoms with Gasteiger partial charge in [-0.2, -0.15) is 0 Å². The lowest BCUT2D eigenvalue weighted by molar-refractivity contribution is 0.125. The summed E-state index contributed by atoms with van der Waals surface area (Å²) >= 11 is 1.20. The minimum atomic E-state index is 0.00461. The van der Waals surface area contributed by atoms with Crippen molar-refractivity contribution in [3.63, 3.8) is 0 Å². The second kappa shape index (κ2) is 7.60. The topological polar surface area (TPSA) is 54.1 Å². The van der Waals surface area contributed by atoms with Crippen molar-refractivity contribution in [2.75, 3.05) is 19.8 Å². The van der Waals surface area contributed by atoms with E-state index < -0.39 is 0 Å². The molecule has 0 saturated heterocycles. The Kier molecular flexibility index (Phi) is 6.37. The molecule has 0 spiro atoms. The number of nitrogens with one attached hydrogen (secondary N) is 2. The summed E-state index contributed by atoms with van der Waals surface area (Å²) in [5, 5.41) is 5.06. The number of aromatic nitrogens is 1. The molecule has 2 N–H and O–H groups in total. The third-order valence-electron chi connectivity index (χ3n) is 2.15. The SMILES string of the molecule is CC(C)CCOCCNCc1csc(=O)[nH]1. The van der Waals surface area contributed by atoms with Gasteiger partial charge in [0, 0.05) is 30.8 Å². The molecule has 0 fully saturated rings. The molecule has 16 heavy (non-hydrogen) atoms. The van der Waals surface area contributed by atoms with Crippen molar-refractivity contribution in [3.05, 3.63) is 20.7 Å². The van der Waals surface area contributed by atoms with Crippen LogP contribution in [0.15, 0.2) is 10.2 Å². The van der Waals surface area contributed by atoms with E-state index in [1.807, 2.05) is 5.38 Å². The summed E-state index contributed by atoms with van der Waals surface area (Å²) in [6.45, 7) is 7.45. The largest absolute Gasteiger partial charge is 0.380 e. The molecule has 0 unspecified atom stereocenters. The van der Waals surface area contributed by atoms with Gasteiger partial charge in [-0.15, -0.1) is 0 Å². The highest BCUT2D eigenvalue weighted by atomic mass is 32.1. The van der Waals surface area contributed by atoms with Gasteiger partial charge in [0.25, 0.3) is 0 Å². The van der Waals surface area contributed by atoms with Crippen LogP contribution in [0, 0.1) is 5.92 Å². The van der Waals surface area contributed by atoms with Crippen LogP contribution in [-0.2, 0) is 11.3 Å². The molecular weight excluding hydrogens is 224 g/mol. The van der Waals surface area contributed by atoms with Crippen molar-refractivity contribution < 1.29 is 4.74 Å². The molecule has 1 aromatic heterocycles. The molecule has 92 valence electrons. The fourth-order valence-corrected chi connectivity index (χ4v) is 1.77. The van der Waals surface area contributed by atoms with E-state index in [4.69, 9.17) is 4.74 Å². The van der Waals surface area contributed by atoms with Crippen molar-refractivity contribution in [3.8, 4) is 0 Å². The predicted molar refractivity (Wildman–Crippen MR) is 66.9 cm³/mol. The Labute approximate surface area is 100 Å². The fourth-order valence-electron chi connectivity index (χ4n) is 1.19. The van der Waals surface area contributed by atoms with Crippen molar-refractivity contribution in [2.45, 2.75) is 26.8 Å². The Morgan fingerprint density at radius 1 is 1.50 bits per heavy atom. The summed E-state index contributed by atoms with van der Waals surface area (Å²) in [7, 11) is 0. The lowest BCUT2D eigenvalue weighted by Gasteiger charge is -2.06. The zero-order valence-corrected chi connectivity index (χ0v) is 10.7. The monoisotopic (exact) mass is 244 g/mol. The number of aromatic amines is 1. The van der Waals surface area contributed by atoms with E-state index in [9.17, 15) is 4.79 Å². The average molecular weight is 244 g/mol. The first kappa shape index (κ1) is 13.4. The molecule has 0 atom stereocenters. The third kappa shape index (κ3) is 6.05. The maximum Gasteiger partial charge on any atom is 0.304 e. The molecule has 0 radical (unpaired) electrons. The van der Waals surface area contributed by atoms with Crippen LogP contribution in [0.5, 0.6) is 0 Å². The normalized spacial score (nSPS) is 11.2. The molecule has 4 nitrogen and oxygen atoms in total. The average Bonchev–Trinajstić information content (AvgIpc) is 2.62. The molecule has 0 aliphatic carbocycles. The summed E-state index contributed by atoms with van der Waals surface area (Å²) < 4.78 is 5.46. The van der Waals surface area contributed by atoms with Crippen molar-refractivity contribution in [1.82, 2.24) is 10.3 Å². The van der Waals surface area contributed by atoms with Crippen LogP contribution in [0.2, 0.25) is 0 Å². The van der Waals surface area contributed by atoms with Crippen LogP contribution >= 0.6 is 11.3 Å². The minimum Gasteiger partial charge on any atom is -0.380 e. The molecule has 0 aromatic carbocycles. The highest BCUT2D eigenvalue weighted by Crippen LogP contribution is 1.98. The minimum absolute atomic E-state index is 0.00461. The van der Waals surface area contributed by atoms with E-state index in [1.54, 1.807) is 0 Å². The summed E-state index contributed by atoms with van der Waals surface area (Å²) in [4.78, 5) is 13.6. The van der Waals surface area contributed by atoms with E-state index in [2.05, 4.69) is 24.1 Å². The van der Waals surface area contributed by atoms with Gasteiger partial charge in [0.05, 0.1) is 6.61 Å². The number of H-pyrrole nitrogens is 1. The first-order valence-corrected chi connectivity index (χ1v) is 6.51. The van der Waals surface area contributed by atoms with Gasteiger partial charge < -0.3 is 15.0 Å². The number of thiazole rings is 1. The van der Waals surface area contributed by atoms with Crippen molar-refractivity contribution >= 4 is 11.3 Å². The van der Waals surface area contributed by atoms with Crippen LogP contribution in [0.3, 0.4) is 0 Å². The third-order valence-corrected chi connectivity index (χ3v) is 2.87. The van der Waals surface area contributed by atoms with E-state index in [0.717, 1.165) is 31.9 Å². The smallest absolute Gasteiger partial charge is 0.304 e. The fraction of sp³-hybridized carbons (Fsp3) is 0.727. The first-order valence-electron chi connectivity index (χ1n) is 5.63. The van der Waals surface area contributed by atoms with Gasteiger partial charge in [0.1, 0.15) is 0 Å². The molecule has 1 rings (SSSR count). The van der Waals surface area contributed by atoms with Crippen LogP contribution in [0.25, 0.3) is 0 Å². The predicted octanol–water partition coefficient (Wildman–Crippen LogP) is 1.59. The van der Waals surface area contributed by atoms with Gasteiger partial charge in [-0.3, -0.25) is 4.79 Å². The summed E-state index contributed by atoms with van der Waals surface area (Å²) in [5.74, 6) is 0.698. The lowest BCUT2D eigenvalue weighted by Crippen LogP contribution is -2.20. The Balaban J connectivity index is 1.94. The number of ether oxygens (including phenoxy) is 1. The molecule has 0 amide bonds. The zero-order valence-electron chi connectivity index (χ0n) is 9.91. The van der Waals surface area contributed by atoms with Gasteiger partial charge in [-0.1, -0.05) is 25.2 Å². The standard InChI is InChI=1S/C11H20N2O2S/c1-9(2)3-5-15-6-4-12-7-10-8-16-11(14)13-10/h8-9,12H,3-7H2,1-2H3,(H,13,14). The van der Waals surface area contributed by atoms with Gasteiger partial charge in [0.2, 0.25) is 0 Å². The number of hydrogen-bond donors (Lipinski definition) is 2. The molecule has 0 aliphatic heterocycles. The number of rotatable bonds is 8.